The van der Waals surface area contributed by atoms with Crippen molar-refractivity contribution in [2.24, 2.45) is 0 Å². The molecule has 2 aromatic carbocycles. The van der Waals surface area contributed by atoms with Gasteiger partial charge in [0.2, 0.25) is 0 Å². The number of benzene rings is 2. The van der Waals surface area contributed by atoms with E-state index in [1.165, 1.54) is 5.56 Å². The van der Waals surface area contributed by atoms with Crippen molar-refractivity contribution >= 4 is 27.0 Å². The zero-order valence-corrected chi connectivity index (χ0v) is 13.0. The van der Waals surface area contributed by atoms with Gasteiger partial charge in [-0.25, -0.2) is 4.98 Å². The number of H-pyrrole nitrogens is 1. The summed E-state index contributed by atoms with van der Waals surface area (Å²) in [5, 5.41) is 0. The number of aromatic amines is 1. The van der Waals surface area contributed by atoms with Gasteiger partial charge in [-0.15, -0.1) is 0 Å². The number of nitrogens with one attached hydrogen (secondary N) is 1. The predicted molar refractivity (Wildman–Crippen MR) is 85.2 cm³/mol. The maximum atomic E-state index is 5.27. The Labute approximate surface area is 126 Å². The minimum atomic E-state index is 0.806. The third-order valence-electron chi connectivity index (χ3n) is 3.38. The van der Waals surface area contributed by atoms with Gasteiger partial charge in [0.1, 0.15) is 17.1 Å². The van der Waals surface area contributed by atoms with E-state index in [-0.39, 0.29) is 0 Å². The van der Waals surface area contributed by atoms with Crippen LogP contribution in [0, 0.1) is 0 Å². The number of halogens is 1. The highest BCUT2D eigenvalue weighted by atomic mass is 79.9. The third-order valence-corrected chi connectivity index (χ3v) is 3.99. The number of ether oxygens (including phenoxy) is 1. The van der Waals surface area contributed by atoms with Crippen LogP contribution >= 0.6 is 15.9 Å². The molecule has 102 valence electrons. The third kappa shape index (κ3) is 2.31. The van der Waals surface area contributed by atoms with Crippen LogP contribution in [0.25, 0.3) is 22.4 Å². The smallest absolute Gasteiger partial charge is 0.138 e. The molecule has 0 unspecified atom stereocenters. The zero-order chi connectivity index (χ0) is 14.1. The Bertz CT molecular complexity index is 747. The summed E-state index contributed by atoms with van der Waals surface area (Å²) in [6, 6.07) is 12.4. The molecule has 0 spiro atoms. The SMILES string of the molecule is CCc1ccc(-c2nc3c(Br)cc(OC)cc3[nH]2)cc1. The van der Waals surface area contributed by atoms with Gasteiger partial charge in [0.25, 0.3) is 0 Å². The molecule has 0 amide bonds. The number of hydrogen-bond acceptors (Lipinski definition) is 2. The van der Waals surface area contributed by atoms with E-state index in [1.54, 1.807) is 7.11 Å². The maximum absolute atomic E-state index is 5.27. The molecule has 20 heavy (non-hydrogen) atoms. The fraction of sp³-hybridized carbons (Fsp3) is 0.188. The van der Waals surface area contributed by atoms with E-state index in [4.69, 9.17) is 4.74 Å². The van der Waals surface area contributed by atoms with Crippen LogP contribution in [0.4, 0.5) is 0 Å². The van der Waals surface area contributed by atoms with E-state index in [0.717, 1.165) is 39.1 Å². The molecule has 3 aromatic rings. The van der Waals surface area contributed by atoms with Gasteiger partial charge in [0.05, 0.1) is 12.6 Å². The lowest BCUT2D eigenvalue weighted by Gasteiger charge is -1.99. The molecule has 0 aliphatic heterocycles. The minimum Gasteiger partial charge on any atom is -0.497 e. The number of nitrogens with zero attached hydrogens (tertiary/aromatic N) is 1. The predicted octanol–water partition coefficient (Wildman–Crippen LogP) is 4.56. The van der Waals surface area contributed by atoms with Crippen LogP contribution < -0.4 is 4.74 Å². The molecule has 0 radical (unpaired) electrons. The lowest BCUT2D eigenvalue weighted by atomic mass is 10.1. The minimum absolute atomic E-state index is 0.806. The van der Waals surface area contributed by atoms with Gasteiger partial charge in [-0.05, 0) is 34.0 Å². The number of rotatable bonds is 3. The van der Waals surface area contributed by atoms with E-state index in [1.807, 2.05) is 12.1 Å². The summed E-state index contributed by atoms with van der Waals surface area (Å²) < 4.78 is 6.20. The lowest BCUT2D eigenvalue weighted by Crippen LogP contribution is -1.82. The van der Waals surface area contributed by atoms with Crippen molar-refractivity contribution in [3.8, 4) is 17.1 Å². The molecule has 4 heteroatoms. The molecule has 3 rings (SSSR count). The Morgan fingerprint density at radius 3 is 2.60 bits per heavy atom. The number of aryl methyl sites for hydroxylation is 1. The Kier molecular flexibility index (Phi) is 3.49. The van der Waals surface area contributed by atoms with Crippen molar-refractivity contribution in [3.63, 3.8) is 0 Å². The molecule has 0 bridgehead atoms. The molecule has 0 aliphatic rings. The summed E-state index contributed by atoms with van der Waals surface area (Å²) >= 11 is 3.53. The first-order valence-corrected chi connectivity index (χ1v) is 7.33. The second-order valence-electron chi connectivity index (χ2n) is 4.64. The fourth-order valence-electron chi connectivity index (χ4n) is 2.20. The standard InChI is InChI=1S/C16H15BrN2O/c1-3-10-4-6-11(7-5-10)16-18-14-9-12(20-2)8-13(17)15(14)19-16/h4-9H,3H2,1-2H3,(H,18,19). The summed E-state index contributed by atoms with van der Waals surface area (Å²) in [7, 11) is 1.66. The van der Waals surface area contributed by atoms with Crippen molar-refractivity contribution in [1.82, 2.24) is 9.97 Å². The van der Waals surface area contributed by atoms with Crippen LogP contribution in [-0.4, -0.2) is 17.1 Å². The van der Waals surface area contributed by atoms with Crippen molar-refractivity contribution in [2.75, 3.05) is 7.11 Å². The van der Waals surface area contributed by atoms with Gasteiger partial charge in [-0.3, -0.25) is 0 Å². The van der Waals surface area contributed by atoms with Gasteiger partial charge in [-0.1, -0.05) is 31.2 Å². The summed E-state index contributed by atoms with van der Waals surface area (Å²) in [4.78, 5) is 8.00. The highest BCUT2D eigenvalue weighted by Gasteiger charge is 2.09. The van der Waals surface area contributed by atoms with Crippen molar-refractivity contribution in [2.45, 2.75) is 13.3 Å². The van der Waals surface area contributed by atoms with Crippen LogP contribution in [0.3, 0.4) is 0 Å². The normalized spacial score (nSPS) is 10.9. The molecule has 0 saturated heterocycles. The molecule has 1 N–H and O–H groups in total. The molecule has 0 fully saturated rings. The first-order chi connectivity index (χ1) is 9.71. The van der Waals surface area contributed by atoms with Crippen LogP contribution in [0.15, 0.2) is 40.9 Å². The van der Waals surface area contributed by atoms with E-state index >= 15 is 0 Å². The van der Waals surface area contributed by atoms with E-state index in [0.29, 0.717) is 0 Å². The van der Waals surface area contributed by atoms with E-state index < -0.39 is 0 Å². The molecular weight excluding hydrogens is 316 g/mol. The first kappa shape index (κ1) is 13.2. The van der Waals surface area contributed by atoms with Gasteiger partial charge in [0, 0.05) is 16.1 Å². The summed E-state index contributed by atoms with van der Waals surface area (Å²) in [6.07, 6.45) is 1.04. The molecule has 0 saturated carbocycles. The summed E-state index contributed by atoms with van der Waals surface area (Å²) in [6.45, 7) is 2.15. The highest BCUT2D eigenvalue weighted by Crippen LogP contribution is 2.30. The Morgan fingerprint density at radius 2 is 1.95 bits per heavy atom. The second kappa shape index (κ2) is 5.29. The largest absolute Gasteiger partial charge is 0.497 e. The number of hydrogen-bond donors (Lipinski definition) is 1. The maximum Gasteiger partial charge on any atom is 0.138 e. The van der Waals surface area contributed by atoms with Gasteiger partial charge in [0.15, 0.2) is 0 Å². The second-order valence-corrected chi connectivity index (χ2v) is 5.50. The lowest BCUT2D eigenvalue weighted by molar-refractivity contribution is 0.415. The van der Waals surface area contributed by atoms with Gasteiger partial charge in [-0.2, -0.15) is 0 Å². The van der Waals surface area contributed by atoms with Crippen molar-refractivity contribution < 1.29 is 4.74 Å². The molecular formula is C16H15BrN2O. The van der Waals surface area contributed by atoms with Crippen LogP contribution in [0.1, 0.15) is 12.5 Å². The fourth-order valence-corrected chi connectivity index (χ4v) is 2.73. The summed E-state index contributed by atoms with van der Waals surface area (Å²) in [5.41, 5.74) is 4.29. The highest BCUT2D eigenvalue weighted by molar-refractivity contribution is 9.10. The molecule has 0 atom stereocenters. The van der Waals surface area contributed by atoms with Gasteiger partial charge < -0.3 is 9.72 Å². The average Bonchev–Trinajstić information content (AvgIpc) is 2.92. The molecule has 1 heterocycles. The van der Waals surface area contributed by atoms with Crippen molar-refractivity contribution in [1.29, 1.82) is 0 Å². The number of aromatic nitrogens is 2. The number of methoxy groups -OCH3 is 1. The number of fused-ring (bicyclic) bond motifs is 1. The van der Waals surface area contributed by atoms with Crippen LogP contribution in [-0.2, 0) is 6.42 Å². The van der Waals surface area contributed by atoms with Crippen molar-refractivity contribution in [3.05, 3.63) is 46.4 Å². The quantitative estimate of drug-likeness (QED) is 0.764. The number of imidazole rings is 1. The van der Waals surface area contributed by atoms with Gasteiger partial charge >= 0.3 is 0 Å². The first-order valence-electron chi connectivity index (χ1n) is 6.54. The van der Waals surface area contributed by atoms with Crippen LogP contribution in [0.2, 0.25) is 0 Å². The zero-order valence-electron chi connectivity index (χ0n) is 11.4. The van der Waals surface area contributed by atoms with Crippen LogP contribution in [0.5, 0.6) is 5.75 Å². The molecule has 0 aliphatic carbocycles. The Hall–Kier alpha value is -1.81. The van der Waals surface area contributed by atoms with E-state index in [2.05, 4.69) is 57.1 Å². The topological polar surface area (TPSA) is 37.9 Å². The van der Waals surface area contributed by atoms with E-state index in [9.17, 15) is 0 Å². The molecule has 3 nitrogen and oxygen atoms in total. The Balaban J connectivity index is 2.09. The monoisotopic (exact) mass is 330 g/mol. The summed E-state index contributed by atoms with van der Waals surface area (Å²) in [5.74, 6) is 1.68. The molecule has 1 aromatic heterocycles. The Morgan fingerprint density at radius 1 is 1.20 bits per heavy atom. The average molecular weight is 331 g/mol.